The van der Waals surface area contributed by atoms with Crippen LogP contribution in [0.25, 0.3) is 0 Å². The van der Waals surface area contributed by atoms with E-state index < -0.39 is 35.5 Å². The molecular formula is C41H72O9. The standard InChI is InChI=1S/C41H72O9/c1-25(21-29(5)34(43)24-35(44)30(6)22-27(3)20-26(2)14-15-38(46)47)12-11-13-28(4)39(48)31(7)36(45)23-33-16-18-41(10,49-33)37-17-19-40(9,50-37)32(8)42/h11,13,24-33,36-37,39,42-43,45,48H,12,14-23H2,1-10H3,(H,46,47)/b13-11+,34-24-/t25-,26-,27+,28-,29-,30+,31+,32+,33+,36-,37?,39-,40-,41-/m0/s1. The molecule has 2 aliphatic heterocycles. The van der Waals surface area contributed by atoms with Crippen molar-refractivity contribution in [3.63, 3.8) is 0 Å². The summed E-state index contributed by atoms with van der Waals surface area (Å²) in [7, 11) is 0. The van der Waals surface area contributed by atoms with E-state index in [1.54, 1.807) is 6.92 Å². The molecule has 2 aliphatic rings. The first kappa shape index (κ1) is 44.4. The van der Waals surface area contributed by atoms with Crippen molar-refractivity contribution in [2.24, 2.45) is 41.4 Å². The molecule has 2 heterocycles. The average Bonchev–Trinajstić information content (AvgIpc) is 3.63. The highest BCUT2D eigenvalue weighted by molar-refractivity contribution is 5.91. The van der Waals surface area contributed by atoms with Crippen molar-refractivity contribution in [3.8, 4) is 0 Å². The predicted octanol–water partition coefficient (Wildman–Crippen LogP) is 7.80. The van der Waals surface area contributed by atoms with Crippen LogP contribution in [0.5, 0.6) is 0 Å². The van der Waals surface area contributed by atoms with Gasteiger partial charge in [-0.05, 0) is 103 Å². The van der Waals surface area contributed by atoms with Crippen molar-refractivity contribution in [2.75, 3.05) is 0 Å². The Bertz CT molecular complexity index is 1120. The highest BCUT2D eigenvalue weighted by atomic mass is 16.6. The highest BCUT2D eigenvalue weighted by Gasteiger charge is 2.51. The van der Waals surface area contributed by atoms with Crippen LogP contribution in [-0.2, 0) is 19.1 Å². The van der Waals surface area contributed by atoms with Crippen LogP contribution in [0.15, 0.2) is 24.0 Å². The number of aliphatic hydroxyl groups excluding tert-OH is 4. The Labute approximate surface area is 302 Å². The van der Waals surface area contributed by atoms with Crippen molar-refractivity contribution in [1.82, 2.24) is 0 Å². The molecular weight excluding hydrogens is 636 g/mol. The van der Waals surface area contributed by atoms with Crippen LogP contribution in [0, 0.1) is 41.4 Å². The molecule has 0 aromatic rings. The second-order valence-corrected chi connectivity index (χ2v) is 17.1. The zero-order valence-corrected chi connectivity index (χ0v) is 32.8. The number of carboxylic acid groups (broad SMARTS) is 1. The number of allylic oxidation sites excluding steroid dienone is 3. The zero-order chi connectivity index (χ0) is 38.0. The Hall–Kier alpha value is -1.78. The lowest BCUT2D eigenvalue weighted by molar-refractivity contribution is -0.172. The maximum Gasteiger partial charge on any atom is 0.303 e. The van der Waals surface area contributed by atoms with Gasteiger partial charge < -0.3 is 35.0 Å². The molecule has 50 heavy (non-hydrogen) atoms. The molecule has 0 radical (unpaired) electrons. The monoisotopic (exact) mass is 709 g/mol. The van der Waals surface area contributed by atoms with Gasteiger partial charge >= 0.3 is 5.97 Å². The molecule has 0 amide bonds. The molecule has 9 nitrogen and oxygen atoms in total. The van der Waals surface area contributed by atoms with Crippen molar-refractivity contribution >= 4 is 11.8 Å². The fourth-order valence-corrected chi connectivity index (χ4v) is 8.02. The molecule has 2 saturated heterocycles. The van der Waals surface area contributed by atoms with Gasteiger partial charge in [-0.25, -0.2) is 0 Å². The second kappa shape index (κ2) is 19.9. The third-order valence-corrected chi connectivity index (χ3v) is 11.9. The molecule has 0 aromatic heterocycles. The normalized spacial score (nSPS) is 30.7. The van der Waals surface area contributed by atoms with Crippen LogP contribution < -0.4 is 0 Å². The topological polar surface area (TPSA) is 154 Å². The molecule has 0 bridgehead atoms. The van der Waals surface area contributed by atoms with Crippen LogP contribution >= 0.6 is 0 Å². The Morgan fingerprint density at radius 1 is 0.820 bits per heavy atom. The van der Waals surface area contributed by atoms with E-state index >= 15 is 0 Å². The van der Waals surface area contributed by atoms with Gasteiger partial charge in [0.1, 0.15) is 0 Å². The van der Waals surface area contributed by atoms with Gasteiger partial charge in [0, 0.05) is 36.2 Å². The van der Waals surface area contributed by atoms with Gasteiger partial charge in [-0.2, -0.15) is 0 Å². The van der Waals surface area contributed by atoms with Crippen LogP contribution in [0.3, 0.4) is 0 Å². The molecule has 14 atom stereocenters. The van der Waals surface area contributed by atoms with Gasteiger partial charge in [0.05, 0.1) is 47.5 Å². The maximum absolute atomic E-state index is 12.8. The Balaban J connectivity index is 1.77. The van der Waals surface area contributed by atoms with E-state index in [2.05, 4.69) is 33.8 Å². The fraction of sp³-hybridized carbons (Fsp3) is 0.854. The van der Waals surface area contributed by atoms with Gasteiger partial charge in [0.15, 0.2) is 5.78 Å². The van der Waals surface area contributed by atoms with Gasteiger partial charge in [-0.1, -0.05) is 60.6 Å². The third kappa shape index (κ3) is 13.6. The van der Waals surface area contributed by atoms with Crippen LogP contribution in [0.2, 0.25) is 0 Å². The molecule has 2 rings (SSSR count). The quantitative estimate of drug-likeness (QED) is 0.0431. The summed E-state index contributed by atoms with van der Waals surface area (Å²) in [4.78, 5) is 23.7. The minimum absolute atomic E-state index is 0.0809. The summed E-state index contributed by atoms with van der Waals surface area (Å²) in [6.07, 6.45) is 10.8. The molecule has 1 unspecified atom stereocenters. The number of aliphatic carboxylic acids is 1. The number of aliphatic hydroxyl groups is 4. The van der Waals surface area contributed by atoms with Gasteiger partial charge in [-0.15, -0.1) is 0 Å². The van der Waals surface area contributed by atoms with E-state index in [9.17, 15) is 30.0 Å². The number of rotatable bonds is 22. The molecule has 0 saturated carbocycles. The molecule has 0 aliphatic carbocycles. The van der Waals surface area contributed by atoms with Crippen molar-refractivity contribution < 1.29 is 44.6 Å². The number of carboxylic acids is 1. The fourth-order valence-electron chi connectivity index (χ4n) is 8.02. The first-order chi connectivity index (χ1) is 23.2. The number of ether oxygens (including phenoxy) is 2. The first-order valence-corrected chi connectivity index (χ1v) is 19.4. The Morgan fingerprint density at radius 3 is 2.06 bits per heavy atom. The van der Waals surface area contributed by atoms with E-state index in [0.717, 1.165) is 38.5 Å². The number of ketones is 1. The summed E-state index contributed by atoms with van der Waals surface area (Å²) in [5, 5.41) is 51.9. The lowest BCUT2D eigenvalue weighted by Crippen LogP contribution is -2.44. The zero-order valence-electron chi connectivity index (χ0n) is 32.8. The number of hydrogen-bond donors (Lipinski definition) is 5. The minimum atomic E-state index is -0.781. The maximum atomic E-state index is 12.8. The molecule has 5 N–H and O–H groups in total. The van der Waals surface area contributed by atoms with Crippen molar-refractivity contribution in [2.45, 2.75) is 182 Å². The van der Waals surface area contributed by atoms with E-state index in [-0.39, 0.29) is 71.6 Å². The largest absolute Gasteiger partial charge is 0.512 e. The van der Waals surface area contributed by atoms with Crippen molar-refractivity contribution in [3.05, 3.63) is 24.0 Å². The summed E-state index contributed by atoms with van der Waals surface area (Å²) in [5.74, 6) is -0.810. The Kier molecular flexibility index (Phi) is 17.7. The molecule has 290 valence electrons. The first-order valence-electron chi connectivity index (χ1n) is 19.4. The highest BCUT2D eigenvalue weighted by Crippen LogP contribution is 2.45. The van der Waals surface area contributed by atoms with Crippen LogP contribution in [0.1, 0.15) is 140 Å². The predicted molar refractivity (Wildman–Crippen MR) is 198 cm³/mol. The van der Waals surface area contributed by atoms with Gasteiger partial charge in [-0.3, -0.25) is 9.59 Å². The number of carbonyl (C=O) groups is 2. The summed E-state index contributed by atoms with van der Waals surface area (Å²) >= 11 is 0. The van der Waals surface area contributed by atoms with Crippen LogP contribution in [-0.4, -0.2) is 79.0 Å². The third-order valence-electron chi connectivity index (χ3n) is 11.9. The summed E-state index contributed by atoms with van der Waals surface area (Å²) in [6, 6.07) is 0. The smallest absolute Gasteiger partial charge is 0.303 e. The summed E-state index contributed by atoms with van der Waals surface area (Å²) < 4.78 is 12.7. The van der Waals surface area contributed by atoms with E-state index in [1.165, 1.54) is 6.08 Å². The van der Waals surface area contributed by atoms with Crippen LogP contribution in [0.4, 0.5) is 0 Å². The average molecular weight is 709 g/mol. The summed E-state index contributed by atoms with van der Waals surface area (Å²) in [5.41, 5.74) is -1.01. The number of hydrogen-bond acceptors (Lipinski definition) is 8. The van der Waals surface area contributed by atoms with E-state index in [0.29, 0.717) is 25.7 Å². The second-order valence-electron chi connectivity index (χ2n) is 17.1. The van der Waals surface area contributed by atoms with E-state index in [1.807, 2.05) is 40.7 Å². The van der Waals surface area contributed by atoms with Gasteiger partial charge in [0.2, 0.25) is 0 Å². The van der Waals surface area contributed by atoms with Gasteiger partial charge in [0.25, 0.3) is 0 Å². The number of carbonyl (C=O) groups excluding carboxylic acids is 1. The molecule has 2 fully saturated rings. The SMILES string of the molecule is C[C@H](C[C@@H](C)CCC(=O)O)C[C@@H](C)C(=O)/C=C(\O)[C@@H](C)C[C@@H](C)C/C=C/[C@H](C)[C@H](O)[C@H](C)[C@@H](O)C[C@H]1CC[C@@](C)(C2CC[C@@](C)([C@@H](C)O)O2)O1. The lowest BCUT2D eigenvalue weighted by Gasteiger charge is -2.35. The molecule has 0 aromatic carbocycles. The molecule has 0 spiro atoms. The minimum Gasteiger partial charge on any atom is -0.512 e. The molecule has 9 heteroatoms. The Morgan fingerprint density at radius 2 is 1.46 bits per heavy atom. The van der Waals surface area contributed by atoms with Crippen molar-refractivity contribution in [1.29, 1.82) is 0 Å². The lowest BCUT2D eigenvalue weighted by atomic mass is 9.85. The van der Waals surface area contributed by atoms with E-state index in [4.69, 9.17) is 14.6 Å². The summed E-state index contributed by atoms with van der Waals surface area (Å²) in [6.45, 7) is 19.7.